The highest BCUT2D eigenvalue weighted by Crippen LogP contribution is 2.40. The second-order valence-electron chi connectivity index (χ2n) is 5.84. The number of nitrogens with one attached hydrogen (secondary N) is 1. The molecule has 0 saturated carbocycles. The van der Waals surface area contributed by atoms with E-state index in [1.54, 1.807) is 0 Å². The number of allylic oxidation sites excluding steroid dienone is 1. The molecule has 0 fully saturated rings. The predicted octanol–water partition coefficient (Wildman–Crippen LogP) is 4.76. The molecule has 0 bridgehead atoms. The summed E-state index contributed by atoms with van der Waals surface area (Å²) >= 11 is 0. The first-order valence-electron chi connectivity index (χ1n) is 6.48. The number of anilines is 1. The van der Waals surface area contributed by atoms with Gasteiger partial charge in [0.1, 0.15) is 0 Å². The Balaban J connectivity index is 2.41. The third-order valence-electron chi connectivity index (χ3n) is 3.67. The Hall–Kier alpha value is -1.76. The quantitative estimate of drug-likeness (QED) is 0.697. The molecule has 0 aromatic heterocycles. The van der Waals surface area contributed by atoms with E-state index in [0.29, 0.717) is 0 Å². The van der Waals surface area contributed by atoms with Crippen LogP contribution in [-0.4, -0.2) is 5.54 Å². The summed E-state index contributed by atoms with van der Waals surface area (Å²) in [6.07, 6.45) is 2.32. The normalized spacial score (nSPS) is 17.0. The fourth-order valence-corrected chi connectivity index (χ4v) is 3.10. The van der Waals surface area contributed by atoms with Gasteiger partial charge >= 0.3 is 0 Å². The lowest BCUT2D eigenvalue weighted by Gasteiger charge is -2.33. The lowest BCUT2D eigenvalue weighted by atomic mass is 9.86. The van der Waals surface area contributed by atoms with Crippen molar-refractivity contribution in [3.8, 4) is 0 Å². The van der Waals surface area contributed by atoms with Crippen LogP contribution in [0.1, 0.15) is 31.9 Å². The van der Waals surface area contributed by atoms with E-state index in [0.717, 1.165) is 0 Å². The smallest absolute Gasteiger partial charge is 0.0506 e. The third kappa shape index (κ3) is 1.62. The van der Waals surface area contributed by atoms with Gasteiger partial charge in [-0.1, -0.05) is 36.4 Å². The van der Waals surface area contributed by atoms with Crippen molar-refractivity contribution in [2.45, 2.75) is 33.2 Å². The minimum Gasteiger partial charge on any atom is -0.376 e. The van der Waals surface area contributed by atoms with Crippen LogP contribution in [0.15, 0.2) is 36.4 Å². The topological polar surface area (TPSA) is 12.0 Å². The van der Waals surface area contributed by atoms with Gasteiger partial charge < -0.3 is 5.32 Å². The number of benzene rings is 2. The highest BCUT2D eigenvalue weighted by molar-refractivity contribution is 6.02. The summed E-state index contributed by atoms with van der Waals surface area (Å²) < 4.78 is 0. The Labute approximate surface area is 109 Å². The summed E-state index contributed by atoms with van der Waals surface area (Å²) in [6, 6.07) is 10.9. The van der Waals surface area contributed by atoms with Gasteiger partial charge in [-0.05, 0) is 44.2 Å². The van der Waals surface area contributed by atoms with Crippen LogP contribution >= 0.6 is 0 Å². The lowest BCUT2D eigenvalue weighted by molar-refractivity contribution is 0.708. The highest BCUT2D eigenvalue weighted by Gasteiger charge is 2.25. The Bertz CT molecular complexity index is 663. The fraction of sp³-hybridized carbons (Fsp3) is 0.294. The molecule has 2 aromatic rings. The maximum atomic E-state index is 3.67. The van der Waals surface area contributed by atoms with E-state index in [9.17, 15) is 0 Å². The average molecular weight is 237 g/mol. The molecule has 1 heteroatoms. The van der Waals surface area contributed by atoms with E-state index in [1.165, 1.54) is 33.2 Å². The first-order chi connectivity index (χ1) is 8.48. The summed E-state index contributed by atoms with van der Waals surface area (Å²) in [5, 5.41) is 6.30. The maximum Gasteiger partial charge on any atom is 0.0506 e. The minimum absolute atomic E-state index is 0.0215. The van der Waals surface area contributed by atoms with Crippen LogP contribution in [0.2, 0.25) is 0 Å². The number of hydrogen-bond acceptors (Lipinski definition) is 1. The monoisotopic (exact) mass is 237 g/mol. The molecular formula is C17H19N. The summed E-state index contributed by atoms with van der Waals surface area (Å²) in [5.41, 5.74) is 5.40. The molecule has 0 radical (unpaired) electrons. The Morgan fingerprint density at radius 2 is 1.78 bits per heavy atom. The molecule has 0 spiro atoms. The number of aryl methyl sites for hydroxylation is 1. The molecule has 1 N–H and O–H groups in total. The van der Waals surface area contributed by atoms with Crippen LogP contribution in [0, 0.1) is 6.92 Å². The van der Waals surface area contributed by atoms with Crippen LogP contribution in [0.5, 0.6) is 0 Å². The van der Waals surface area contributed by atoms with Gasteiger partial charge in [0.05, 0.1) is 11.2 Å². The van der Waals surface area contributed by atoms with E-state index in [-0.39, 0.29) is 5.54 Å². The fourth-order valence-electron chi connectivity index (χ4n) is 3.10. The predicted molar refractivity (Wildman–Crippen MR) is 80.0 cm³/mol. The van der Waals surface area contributed by atoms with Gasteiger partial charge in [-0.25, -0.2) is 0 Å². The van der Waals surface area contributed by atoms with Crippen LogP contribution in [0.4, 0.5) is 5.69 Å². The van der Waals surface area contributed by atoms with Gasteiger partial charge in [-0.2, -0.15) is 0 Å². The average Bonchev–Trinajstić information content (AvgIpc) is 2.26. The third-order valence-corrected chi connectivity index (χ3v) is 3.67. The zero-order valence-corrected chi connectivity index (χ0v) is 11.5. The molecule has 1 nitrogen and oxygen atoms in total. The second-order valence-corrected chi connectivity index (χ2v) is 5.84. The molecule has 2 aromatic carbocycles. The lowest BCUT2D eigenvalue weighted by Crippen LogP contribution is -2.31. The van der Waals surface area contributed by atoms with E-state index in [2.05, 4.69) is 69.4 Å². The molecule has 0 atom stereocenters. The molecule has 0 saturated heterocycles. The first kappa shape index (κ1) is 11.3. The molecule has 1 heterocycles. The van der Waals surface area contributed by atoms with Crippen molar-refractivity contribution in [1.82, 2.24) is 0 Å². The van der Waals surface area contributed by atoms with Gasteiger partial charge in [-0.15, -0.1) is 0 Å². The van der Waals surface area contributed by atoms with Crippen molar-refractivity contribution in [3.63, 3.8) is 0 Å². The minimum atomic E-state index is 0.0215. The van der Waals surface area contributed by atoms with Gasteiger partial charge in [0.2, 0.25) is 0 Å². The van der Waals surface area contributed by atoms with Gasteiger partial charge in [-0.3, -0.25) is 0 Å². The number of rotatable bonds is 0. The van der Waals surface area contributed by atoms with Crippen LogP contribution in [0.3, 0.4) is 0 Å². The molecule has 18 heavy (non-hydrogen) atoms. The second kappa shape index (κ2) is 3.61. The van der Waals surface area contributed by atoms with Crippen molar-refractivity contribution in [2.24, 2.45) is 0 Å². The Morgan fingerprint density at radius 3 is 2.56 bits per heavy atom. The van der Waals surface area contributed by atoms with E-state index >= 15 is 0 Å². The van der Waals surface area contributed by atoms with Gasteiger partial charge in [0, 0.05) is 10.9 Å². The summed E-state index contributed by atoms with van der Waals surface area (Å²) in [6.45, 7) is 8.85. The zero-order chi connectivity index (χ0) is 12.9. The molecule has 1 aliphatic rings. The van der Waals surface area contributed by atoms with Crippen molar-refractivity contribution in [1.29, 1.82) is 0 Å². The molecule has 0 amide bonds. The Morgan fingerprint density at radius 1 is 1.06 bits per heavy atom. The van der Waals surface area contributed by atoms with Crippen molar-refractivity contribution in [2.75, 3.05) is 5.32 Å². The highest BCUT2D eigenvalue weighted by atomic mass is 15.0. The largest absolute Gasteiger partial charge is 0.376 e. The maximum absolute atomic E-state index is 3.67. The summed E-state index contributed by atoms with van der Waals surface area (Å²) in [4.78, 5) is 0. The van der Waals surface area contributed by atoms with E-state index in [4.69, 9.17) is 0 Å². The van der Waals surface area contributed by atoms with Crippen molar-refractivity contribution >= 4 is 22.0 Å². The van der Waals surface area contributed by atoms with Crippen molar-refractivity contribution < 1.29 is 0 Å². The first-order valence-corrected chi connectivity index (χ1v) is 6.48. The van der Waals surface area contributed by atoms with Gasteiger partial charge in [0.25, 0.3) is 0 Å². The number of fused-ring (bicyclic) bond motifs is 3. The molecule has 92 valence electrons. The molecule has 3 rings (SSSR count). The Kier molecular flexibility index (Phi) is 2.28. The molecule has 0 unspecified atom stereocenters. The number of hydrogen-bond donors (Lipinski definition) is 1. The molecular weight excluding hydrogens is 218 g/mol. The van der Waals surface area contributed by atoms with E-state index < -0.39 is 0 Å². The molecule has 1 aliphatic heterocycles. The molecule has 0 aliphatic carbocycles. The van der Waals surface area contributed by atoms with Crippen LogP contribution < -0.4 is 5.32 Å². The van der Waals surface area contributed by atoms with Crippen molar-refractivity contribution in [3.05, 3.63) is 47.5 Å². The van der Waals surface area contributed by atoms with Crippen LogP contribution in [-0.2, 0) is 0 Å². The SMILES string of the molecule is CC1=CC(C)(C)Nc2c1c(C)cc1ccccc21. The van der Waals surface area contributed by atoms with Crippen LogP contribution in [0.25, 0.3) is 16.3 Å². The zero-order valence-electron chi connectivity index (χ0n) is 11.5. The summed E-state index contributed by atoms with van der Waals surface area (Å²) in [7, 11) is 0. The van der Waals surface area contributed by atoms with E-state index in [1.807, 2.05) is 0 Å². The standard InChI is InChI=1S/C17H19N/c1-11-9-13-7-5-6-8-14(13)16-15(11)12(2)10-17(3,4)18-16/h5-10,18H,1-4H3. The summed E-state index contributed by atoms with van der Waals surface area (Å²) in [5.74, 6) is 0. The van der Waals surface area contributed by atoms with Gasteiger partial charge in [0.15, 0.2) is 0 Å².